The summed E-state index contributed by atoms with van der Waals surface area (Å²) in [6, 6.07) is 7.40. The second kappa shape index (κ2) is 6.58. The van der Waals surface area contributed by atoms with Gasteiger partial charge in [0.15, 0.2) is 5.82 Å². The van der Waals surface area contributed by atoms with E-state index in [0.717, 1.165) is 36.3 Å². The van der Waals surface area contributed by atoms with E-state index in [-0.39, 0.29) is 12.0 Å². The fourth-order valence-corrected chi connectivity index (χ4v) is 3.07. The van der Waals surface area contributed by atoms with Gasteiger partial charge in [0.2, 0.25) is 0 Å². The maximum Gasteiger partial charge on any atom is 0.404 e. The molecule has 1 fully saturated rings. The molecule has 0 bridgehead atoms. The van der Waals surface area contributed by atoms with E-state index < -0.39 is 6.09 Å². The molecule has 2 aromatic heterocycles. The molecule has 24 heavy (non-hydrogen) atoms. The minimum atomic E-state index is -0.976. The summed E-state index contributed by atoms with van der Waals surface area (Å²) >= 11 is 0. The van der Waals surface area contributed by atoms with Crippen LogP contribution in [0.15, 0.2) is 18.2 Å². The van der Waals surface area contributed by atoms with Crippen molar-refractivity contribution in [1.82, 2.24) is 20.5 Å². The van der Waals surface area contributed by atoms with Crippen LogP contribution in [-0.4, -0.2) is 32.4 Å². The van der Waals surface area contributed by atoms with Crippen molar-refractivity contribution in [3.8, 4) is 6.07 Å². The maximum absolute atomic E-state index is 10.7. The first kappa shape index (κ1) is 15.8. The Morgan fingerprint density at radius 1 is 1.46 bits per heavy atom. The van der Waals surface area contributed by atoms with Gasteiger partial charge in [-0.05, 0) is 38.3 Å². The van der Waals surface area contributed by atoms with Crippen molar-refractivity contribution in [3.05, 3.63) is 35.3 Å². The molecule has 124 valence electrons. The summed E-state index contributed by atoms with van der Waals surface area (Å²) < 4.78 is 0. The van der Waals surface area contributed by atoms with E-state index in [1.54, 1.807) is 12.1 Å². The zero-order chi connectivity index (χ0) is 17.1. The van der Waals surface area contributed by atoms with Crippen molar-refractivity contribution in [2.75, 3.05) is 5.32 Å². The van der Waals surface area contributed by atoms with E-state index in [4.69, 9.17) is 10.4 Å². The molecular weight excluding hydrogens is 308 g/mol. The van der Waals surface area contributed by atoms with Gasteiger partial charge < -0.3 is 15.7 Å². The van der Waals surface area contributed by atoms with Gasteiger partial charge in [-0.1, -0.05) is 0 Å². The lowest BCUT2D eigenvalue weighted by molar-refractivity contribution is 0.190. The average molecular weight is 326 g/mol. The Balaban J connectivity index is 1.66. The lowest BCUT2D eigenvalue weighted by atomic mass is 10.0. The van der Waals surface area contributed by atoms with Crippen molar-refractivity contribution < 1.29 is 9.90 Å². The summed E-state index contributed by atoms with van der Waals surface area (Å²) in [4.78, 5) is 14.9. The Kier molecular flexibility index (Phi) is 4.33. The van der Waals surface area contributed by atoms with Crippen molar-refractivity contribution in [1.29, 1.82) is 5.26 Å². The topological polar surface area (TPSA) is 127 Å². The normalized spacial score (nSPS) is 19.7. The fraction of sp³-hybridized carbons (Fsp3) is 0.375. The van der Waals surface area contributed by atoms with E-state index in [1.165, 1.54) is 0 Å². The van der Waals surface area contributed by atoms with Gasteiger partial charge >= 0.3 is 6.09 Å². The summed E-state index contributed by atoms with van der Waals surface area (Å²) in [6.07, 6.45) is 1.55. The number of aryl methyl sites for hydroxylation is 1. The number of pyridine rings is 1. The summed E-state index contributed by atoms with van der Waals surface area (Å²) in [6.45, 7) is 1.83. The third-order valence-corrected chi connectivity index (χ3v) is 4.26. The van der Waals surface area contributed by atoms with Crippen molar-refractivity contribution in [2.24, 2.45) is 0 Å². The van der Waals surface area contributed by atoms with Crippen LogP contribution in [0.2, 0.25) is 0 Å². The number of hydrogen-bond donors (Lipinski definition) is 4. The molecule has 0 radical (unpaired) electrons. The zero-order valence-electron chi connectivity index (χ0n) is 13.2. The monoisotopic (exact) mass is 326 g/mol. The molecule has 4 N–H and O–H groups in total. The number of nitrogens with one attached hydrogen (secondary N) is 3. The number of carbonyl (C=O) groups is 1. The minimum absolute atomic E-state index is 0.00261. The number of H-pyrrole nitrogens is 1. The Morgan fingerprint density at radius 3 is 3.00 bits per heavy atom. The smallest absolute Gasteiger partial charge is 0.404 e. The van der Waals surface area contributed by atoms with Crippen LogP contribution in [0, 0.1) is 18.3 Å². The van der Waals surface area contributed by atoms with E-state index >= 15 is 0 Å². The maximum atomic E-state index is 10.7. The summed E-state index contributed by atoms with van der Waals surface area (Å²) in [5.41, 5.74) is 2.89. The van der Waals surface area contributed by atoms with Gasteiger partial charge in [0.1, 0.15) is 11.8 Å². The van der Waals surface area contributed by atoms with Crippen molar-refractivity contribution in [2.45, 2.75) is 38.1 Å². The van der Waals surface area contributed by atoms with Crippen LogP contribution in [0.1, 0.15) is 42.3 Å². The first-order valence-corrected chi connectivity index (χ1v) is 7.74. The van der Waals surface area contributed by atoms with Crippen LogP contribution < -0.4 is 10.6 Å². The highest BCUT2D eigenvalue weighted by molar-refractivity contribution is 5.65. The van der Waals surface area contributed by atoms with Crippen molar-refractivity contribution in [3.63, 3.8) is 0 Å². The van der Waals surface area contributed by atoms with Crippen LogP contribution in [0.4, 0.5) is 16.3 Å². The number of carboxylic acid groups (broad SMARTS) is 1. The quantitative estimate of drug-likeness (QED) is 0.684. The molecule has 2 atom stereocenters. The highest BCUT2D eigenvalue weighted by Crippen LogP contribution is 2.34. The molecule has 8 heteroatoms. The molecule has 1 saturated carbocycles. The van der Waals surface area contributed by atoms with E-state index in [1.807, 2.05) is 19.1 Å². The SMILES string of the molecule is Cc1nc(C#N)ccc1Nc1cc([C@H]2CCC(NC(=O)O)C2)[nH]n1. The number of amides is 1. The van der Waals surface area contributed by atoms with Crippen molar-refractivity contribution >= 4 is 17.6 Å². The lowest BCUT2D eigenvalue weighted by Gasteiger charge is -2.09. The number of anilines is 2. The fourth-order valence-electron chi connectivity index (χ4n) is 3.07. The summed E-state index contributed by atoms with van der Waals surface area (Å²) in [5, 5.41) is 30.7. The molecule has 8 nitrogen and oxygen atoms in total. The first-order chi connectivity index (χ1) is 11.5. The predicted molar refractivity (Wildman–Crippen MR) is 87.1 cm³/mol. The van der Waals surface area contributed by atoms with E-state index in [0.29, 0.717) is 11.5 Å². The Hall–Kier alpha value is -3.08. The van der Waals surface area contributed by atoms with Gasteiger partial charge in [-0.25, -0.2) is 9.78 Å². The molecule has 0 aliphatic heterocycles. The number of nitriles is 1. The van der Waals surface area contributed by atoms with Gasteiger partial charge in [0.05, 0.1) is 11.4 Å². The Bertz CT molecular complexity index is 794. The van der Waals surface area contributed by atoms with Crippen LogP contribution in [0.3, 0.4) is 0 Å². The molecule has 1 unspecified atom stereocenters. The lowest BCUT2D eigenvalue weighted by Crippen LogP contribution is -2.31. The Labute approximate surface area is 138 Å². The molecule has 1 amide bonds. The summed E-state index contributed by atoms with van der Waals surface area (Å²) in [5.74, 6) is 0.944. The van der Waals surface area contributed by atoms with Gasteiger partial charge in [-0.15, -0.1) is 0 Å². The second-order valence-electron chi connectivity index (χ2n) is 5.93. The van der Waals surface area contributed by atoms with Gasteiger partial charge in [-0.3, -0.25) is 5.10 Å². The number of hydrogen-bond acceptors (Lipinski definition) is 5. The number of aromatic nitrogens is 3. The van der Waals surface area contributed by atoms with Gasteiger partial charge in [-0.2, -0.15) is 10.4 Å². The molecule has 0 spiro atoms. The molecule has 2 aromatic rings. The predicted octanol–water partition coefficient (Wildman–Crippen LogP) is 2.63. The third-order valence-electron chi connectivity index (χ3n) is 4.26. The van der Waals surface area contributed by atoms with Crippen LogP contribution >= 0.6 is 0 Å². The molecule has 0 saturated heterocycles. The molecular formula is C16H18N6O2. The first-order valence-electron chi connectivity index (χ1n) is 7.74. The van der Waals surface area contributed by atoms with E-state index in [2.05, 4.69) is 25.8 Å². The third kappa shape index (κ3) is 3.46. The Morgan fingerprint density at radius 2 is 2.29 bits per heavy atom. The molecule has 0 aromatic carbocycles. The van der Waals surface area contributed by atoms with Crippen LogP contribution in [0.5, 0.6) is 0 Å². The number of aromatic amines is 1. The standard InChI is InChI=1S/C16H18N6O2/c1-9-13(5-4-12(8-17)18-9)20-15-7-14(21-22-15)10-2-3-11(6-10)19-16(23)24/h4-5,7,10-11,19H,2-3,6H2,1H3,(H,23,24)(H2,20,21,22)/t10-,11?/m0/s1. The average Bonchev–Trinajstić information content (AvgIpc) is 3.18. The van der Waals surface area contributed by atoms with E-state index in [9.17, 15) is 4.79 Å². The molecule has 2 heterocycles. The van der Waals surface area contributed by atoms with Gasteiger partial charge in [0, 0.05) is 23.7 Å². The minimum Gasteiger partial charge on any atom is -0.465 e. The zero-order valence-corrected chi connectivity index (χ0v) is 13.2. The largest absolute Gasteiger partial charge is 0.465 e. The highest BCUT2D eigenvalue weighted by atomic mass is 16.4. The second-order valence-corrected chi connectivity index (χ2v) is 5.93. The van der Waals surface area contributed by atoms with Crippen LogP contribution in [-0.2, 0) is 0 Å². The molecule has 3 rings (SSSR count). The number of nitrogens with zero attached hydrogens (tertiary/aromatic N) is 3. The van der Waals surface area contributed by atoms with Gasteiger partial charge in [0.25, 0.3) is 0 Å². The molecule has 1 aliphatic rings. The summed E-state index contributed by atoms with van der Waals surface area (Å²) in [7, 11) is 0. The van der Waals surface area contributed by atoms with Crippen LogP contribution in [0.25, 0.3) is 0 Å². The molecule has 1 aliphatic carbocycles. The number of rotatable bonds is 4. The highest BCUT2D eigenvalue weighted by Gasteiger charge is 2.28.